The van der Waals surface area contributed by atoms with Gasteiger partial charge in [0.15, 0.2) is 6.35 Å². The molecule has 3 atom stereocenters. The van der Waals surface area contributed by atoms with Gasteiger partial charge in [-0.25, -0.2) is 4.90 Å². The number of aromatic nitrogens is 1. The highest BCUT2D eigenvalue weighted by Crippen LogP contribution is 2.30. The molecular formula is C41H43N5O4. The molecule has 9 heteroatoms. The number of amides is 2. The number of pyridine rings is 1. The number of phenols is 1. The van der Waals surface area contributed by atoms with Crippen molar-refractivity contribution in [2.24, 2.45) is 5.92 Å². The first-order valence-corrected chi connectivity index (χ1v) is 17.4. The van der Waals surface area contributed by atoms with Crippen molar-refractivity contribution in [3.05, 3.63) is 144 Å². The monoisotopic (exact) mass is 669 g/mol. The molecule has 256 valence electrons. The molecule has 2 fully saturated rings. The molecule has 5 aromatic rings. The van der Waals surface area contributed by atoms with Gasteiger partial charge in [0, 0.05) is 43.6 Å². The largest absolute Gasteiger partial charge is 0.508 e. The number of para-hydroxylation sites is 1. The van der Waals surface area contributed by atoms with E-state index in [4.69, 9.17) is 0 Å². The molecule has 2 saturated heterocycles. The molecule has 0 spiro atoms. The Morgan fingerprint density at radius 3 is 2.24 bits per heavy atom. The molecule has 4 aromatic carbocycles. The second-order valence-electron chi connectivity index (χ2n) is 13.3. The zero-order valence-corrected chi connectivity index (χ0v) is 28.0. The summed E-state index contributed by atoms with van der Waals surface area (Å²) in [5.41, 5.74) is 5.09. The molecule has 0 bridgehead atoms. The van der Waals surface area contributed by atoms with Gasteiger partial charge in [0.2, 0.25) is 11.8 Å². The Morgan fingerprint density at radius 2 is 1.52 bits per heavy atom. The molecule has 3 heterocycles. The van der Waals surface area contributed by atoms with Crippen molar-refractivity contribution in [2.75, 3.05) is 26.2 Å². The molecule has 50 heavy (non-hydrogen) atoms. The zero-order valence-electron chi connectivity index (χ0n) is 28.0. The number of aliphatic hydroxyl groups is 1. The first kappa shape index (κ1) is 33.4. The predicted molar refractivity (Wildman–Crippen MR) is 193 cm³/mol. The summed E-state index contributed by atoms with van der Waals surface area (Å²) >= 11 is 0. The van der Waals surface area contributed by atoms with E-state index in [0.717, 1.165) is 28.5 Å². The molecule has 9 nitrogen and oxygen atoms in total. The van der Waals surface area contributed by atoms with Crippen molar-refractivity contribution in [3.8, 4) is 5.75 Å². The zero-order chi connectivity index (χ0) is 34.5. The average molecular weight is 670 g/mol. The van der Waals surface area contributed by atoms with Crippen LogP contribution in [0.15, 0.2) is 121 Å². The van der Waals surface area contributed by atoms with Crippen LogP contribution < -0.4 is 5.32 Å². The van der Waals surface area contributed by atoms with Crippen LogP contribution in [0.2, 0.25) is 0 Å². The number of benzene rings is 4. The lowest BCUT2D eigenvalue weighted by atomic mass is 9.88. The van der Waals surface area contributed by atoms with E-state index in [0.29, 0.717) is 26.1 Å². The predicted octanol–water partition coefficient (Wildman–Crippen LogP) is 5.09. The molecule has 0 aliphatic carbocycles. The van der Waals surface area contributed by atoms with Gasteiger partial charge in [-0.05, 0) is 59.8 Å². The van der Waals surface area contributed by atoms with E-state index in [-0.39, 0.29) is 43.0 Å². The lowest BCUT2D eigenvalue weighted by Gasteiger charge is -2.45. The number of rotatable bonds is 11. The molecule has 7 rings (SSSR count). The van der Waals surface area contributed by atoms with Crippen LogP contribution in [0, 0.1) is 5.92 Å². The Bertz CT molecular complexity index is 1860. The van der Waals surface area contributed by atoms with Gasteiger partial charge in [-0.15, -0.1) is 0 Å². The van der Waals surface area contributed by atoms with Crippen molar-refractivity contribution in [2.45, 2.75) is 44.2 Å². The van der Waals surface area contributed by atoms with Gasteiger partial charge in [-0.3, -0.25) is 19.9 Å². The van der Waals surface area contributed by atoms with Crippen molar-refractivity contribution >= 4 is 22.7 Å². The smallest absolute Gasteiger partial charge is 0.228 e. The van der Waals surface area contributed by atoms with Gasteiger partial charge in [-0.1, -0.05) is 97.1 Å². The van der Waals surface area contributed by atoms with Gasteiger partial charge < -0.3 is 20.0 Å². The molecule has 0 radical (unpaired) electrons. The molecule has 0 saturated carbocycles. The van der Waals surface area contributed by atoms with E-state index >= 15 is 0 Å². The van der Waals surface area contributed by atoms with E-state index in [2.05, 4.69) is 58.8 Å². The fraction of sp³-hybridized carbons (Fsp3) is 0.293. The van der Waals surface area contributed by atoms with Gasteiger partial charge in [-0.2, -0.15) is 0 Å². The van der Waals surface area contributed by atoms with E-state index < -0.39 is 18.4 Å². The highest BCUT2D eigenvalue weighted by atomic mass is 16.3. The van der Waals surface area contributed by atoms with Crippen LogP contribution in [0.25, 0.3) is 10.9 Å². The van der Waals surface area contributed by atoms with Crippen molar-refractivity contribution in [3.63, 3.8) is 0 Å². The topological polar surface area (TPSA) is 109 Å². The van der Waals surface area contributed by atoms with Crippen LogP contribution in [0.5, 0.6) is 5.75 Å². The van der Waals surface area contributed by atoms with Crippen molar-refractivity contribution in [1.82, 2.24) is 25.0 Å². The maximum absolute atomic E-state index is 14.4. The fourth-order valence-corrected chi connectivity index (χ4v) is 7.52. The number of carbonyl (C=O) groups is 2. The Kier molecular flexibility index (Phi) is 10.2. The highest BCUT2D eigenvalue weighted by molar-refractivity contribution is 5.85. The molecule has 2 aliphatic heterocycles. The SMILES string of the molecule is O=C1[C@H](Cc2ccc(O)cc2)CN2C(=O)CCN(C(O)NCCC(c3ccccc3)c3ccccc3)C2CN1Cc1cccc2cccnc12. The maximum atomic E-state index is 14.4. The Labute approximate surface area is 292 Å². The number of nitrogens with one attached hydrogen (secondary N) is 1. The average Bonchev–Trinajstić information content (AvgIpc) is 3.28. The first-order chi connectivity index (χ1) is 24.4. The molecule has 1 aromatic heterocycles. The number of aromatic hydroxyl groups is 1. The van der Waals surface area contributed by atoms with Crippen molar-refractivity contribution < 1.29 is 19.8 Å². The van der Waals surface area contributed by atoms with Crippen LogP contribution in [0.4, 0.5) is 0 Å². The second kappa shape index (κ2) is 15.2. The molecular weight excluding hydrogens is 626 g/mol. The van der Waals surface area contributed by atoms with Crippen LogP contribution >= 0.6 is 0 Å². The normalized spacial score (nSPS) is 19.1. The molecule has 2 amide bonds. The number of carbonyl (C=O) groups excluding carboxylic acids is 2. The Morgan fingerprint density at radius 1 is 0.820 bits per heavy atom. The summed E-state index contributed by atoms with van der Waals surface area (Å²) in [6.07, 6.45) is 1.65. The number of nitrogens with zero attached hydrogens (tertiary/aromatic N) is 4. The van der Waals surface area contributed by atoms with Gasteiger partial charge in [0.05, 0.1) is 18.0 Å². The molecule has 2 aliphatic rings. The third kappa shape index (κ3) is 7.40. The summed E-state index contributed by atoms with van der Waals surface area (Å²) in [6.45, 7) is 1.72. The fourth-order valence-electron chi connectivity index (χ4n) is 7.52. The molecule has 3 N–H and O–H groups in total. The van der Waals surface area contributed by atoms with Crippen LogP contribution in [-0.4, -0.2) is 80.4 Å². The third-order valence-electron chi connectivity index (χ3n) is 10.1. The summed E-state index contributed by atoms with van der Waals surface area (Å²) in [7, 11) is 0. The van der Waals surface area contributed by atoms with E-state index in [1.54, 1.807) is 23.2 Å². The number of hydrogen-bond donors (Lipinski definition) is 3. The van der Waals surface area contributed by atoms with Gasteiger partial charge in [0.25, 0.3) is 0 Å². The summed E-state index contributed by atoms with van der Waals surface area (Å²) in [4.78, 5) is 38.2. The molecule has 2 unspecified atom stereocenters. The minimum absolute atomic E-state index is 0.0242. The standard InChI is InChI=1S/C41H43N5O4/c47-35-18-16-29(17-19-35)25-34-27-46-37(28-44(40(34)49)26-33-14-7-13-32-15-8-22-42-39(32)33)45(24-21-38(46)48)41(50)43-23-20-36(30-9-3-1-4-10-30)31-11-5-2-6-12-31/h1-19,22,34,36-37,41,43,47,50H,20-21,23-28H2/t34-,37?,41?/m1/s1. The minimum atomic E-state index is -1.02. The Balaban J connectivity index is 1.14. The second-order valence-corrected chi connectivity index (χ2v) is 13.3. The van der Waals surface area contributed by atoms with Gasteiger partial charge >= 0.3 is 0 Å². The number of phenolic OH excluding ortho intramolecular Hbond substituents is 1. The summed E-state index contributed by atoms with van der Waals surface area (Å²) in [6, 6.07) is 37.6. The summed E-state index contributed by atoms with van der Waals surface area (Å²) < 4.78 is 0. The van der Waals surface area contributed by atoms with Crippen LogP contribution in [-0.2, 0) is 22.6 Å². The van der Waals surface area contributed by atoms with Gasteiger partial charge in [0.1, 0.15) is 11.9 Å². The third-order valence-corrected chi connectivity index (χ3v) is 10.1. The Hall–Kier alpha value is -5.09. The number of hydrogen-bond acceptors (Lipinski definition) is 7. The summed E-state index contributed by atoms with van der Waals surface area (Å²) in [5.74, 6) is -0.266. The first-order valence-electron chi connectivity index (χ1n) is 17.4. The minimum Gasteiger partial charge on any atom is -0.508 e. The quantitative estimate of drug-likeness (QED) is 0.168. The van der Waals surface area contributed by atoms with E-state index in [1.165, 1.54) is 11.1 Å². The lowest BCUT2D eigenvalue weighted by molar-refractivity contribution is -0.159. The lowest BCUT2D eigenvalue weighted by Crippen LogP contribution is -2.64. The van der Waals surface area contributed by atoms with Crippen LogP contribution in [0.1, 0.15) is 41.0 Å². The highest BCUT2D eigenvalue weighted by Gasteiger charge is 2.44. The number of aliphatic hydroxyl groups excluding tert-OH is 1. The summed E-state index contributed by atoms with van der Waals surface area (Å²) in [5, 5.41) is 25.9. The maximum Gasteiger partial charge on any atom is 0.228 e. The van der Waals surface area contributed by atoms with Crippen molar-refractivity contribution in [1.29, 1.82) is 0 Å². The van der Waals surface area contributed by atoms with E-state index in [9.17, 15) is 19.8 Å². The van der Waals surface area contributed by atoms with E-state index in [1.807, 2.05) is 64.4 Å². The van der Waals surface area contributed by atoms with Crippen LogP contribution in [0.3, 0.4) is 0 Å². The number of fused-ring (bicyclic) bond motifs is 2.